The summed E-state index contributed by atoms with van der Waals surface area (Å²) in [6, 6.07) is 9.82. The Morgan fingerprint density at radius 1 is 1.14 bits per heavy atom. The summed E-state index contributed by atoms with van der Waals surface area (Å²) in [5.74, 6) is -0.942. The van der Waals surface area contributed by atoms with Gasteiger partial charge in [-0.2, -0.15) is 0 Å². The molecule has 1 saturated heterocycles. The minimum atomic E-state index is -0.673. The fraction of sp³-hybridized carbons (Fsp3) is 0.323. The maximum Gasteiger partial charge on any atom is 0.258 e. The number of aryl methyl sites for hydroxylation is 2. The number of piperidine rings is 1. The highest BCUT2D eigenvalue weighted by Gasteiger charge is 2.36. The number of likely N-dealkylation sites (tertiary alicyclic amines) is 1. The Hall–Kier alpha value is -5.20. The molecule has 13 heteroatoms. The number of nitrogens with zero attached hydrogens (tertiary/aromatic N) is 3. The van der Waals surface area contributed by atoms with Crippen molar-refractivity contribution in [2.24, 2.45) is 0 Å². The number of nitrogens with one attached hydrogen (secondary N) is 2. The van der Waals surface area contributed by atoms with Crippen LogP contribution in [0.2, 0.25) is 0 Å². The van der Waals surface area contributed by atoms with Crippen molar-refractivity contribution in [1.29, 1.82) is 0 Å². The summed E-state index contributed by atoms with van der Waals surface area (Å²) in [5.41, 5.74) is 2.55. The molecule has 1 fully saturated rings. The monoisotopic (exact) mass is 603 g/mol. The van der Waals surface area contributed by atoms with E-state index < -0.39 is 29.8 Å². The lowest BCUT2D eigenvalue weighted by molar-refractivity contribution is -0.123. The van der Waals surface area contributed by atoms with Gasteiger partial charge >= 0.3 is 0 Å². The Morgan fingerprint density at radius 3 is 2.80 bits per heavy atom. The second-order valence-corrected chi connectivity index (χ2v) is 10.8. The van der Waals surface area contributed by atoms with Crippen molar-refractivity contribution in [3.63, 3.8) is 0 Å². The van der Waals surface area contributed by atoms with Crippen molar-refractivity contribution in [3.05, 3.63) is 76.4 Å². The molecule has 2 aromatic heterocycles. The minimum Gasteiger partial charge on any atom is -0.493 e. The van der Waals surface area contributed by atoms with E-state index in [1.807, 2.05) is 0 Å². The maximum absolute atomic E-state index is 14.6. The average Bonchev–Trinajstić information content (AvgIpc) is 3.38. The van der Waals surface area contributed by atoms with E-state index in [0.29, 0.717) is 46.6 Å². The molecule has 2 atom stereocenters. The van der Waals surface area contributed by atoms with E-state index in [4.69, 9.17) is 18.7 Å². The molecule has 2 N–H and O–H groups in total. The molecule has 0 aliphatic carbocycles. The summed E-state index contributed by atoms with van der Waals surface area (Å²) in [7, 11) is 1.45. The van der Waals surface area contributed by atoms with Crippen LogP contribution in [0.25, 0.3) is 11.1 Å². The lowest BCUT2D eigenvalue weighted by Crippen LogP contribution is -2.58. The van der Waals surface area contributed by atoms with Crippen molar-refractivity contribution in [2.75, 3.05) is 26.8 Å². The molecule has 12 nitrogen and oxygen atoms in total. The zero-order chi connectivity index (χ0) is 31.0. The molecular weight excluding hydrogens is 573 g/mol. The van der Waals surface area contributed by atoms with Crippen LogP contribution in [0, 0.1) is 19.7 Å². The van der Waals surface area contributed by atoms with Crippen LogP contribution in [0.3, 0.4) is 0 Å². The van der Waals surface area contributed by atoms with Crippen LogP contribution in [-0.2, 0) is 11.3 Å². The first-order valence-electron chi connectivity index (χ1n) is 14.1. The normalized spacial score (nSPS) is 18.9. The van der Waals surface area contributed by atoms with E-state index in [-0.39, 0.29) is 48.4 Å². The van der Waals surface area contributed by atoms with Gasteiger partial charge in [-0.1, -0.05) is 5.16 Å². The van der Waals surface area contributed by atoms with Gasteiger partial charge in [0.1, 0.15) is 17.7 Å². The highest BCUT2D eigenvalue weighted by atomic mass is 19.1. The molecule has 228 valence electrons. The van der Waals surface area contributed by atoms with Crippen LogP contribution < -0.4 is 24.8 Å². The number of ether oxygens (including phenoxy) is 3. The third kappa shape index (κ3) is 5.85. The number of aromatic nitrogens is 2. The molecule has 0 saturated carbocycles. The Bertz CT molecular complexity index is 1770. The van der Waals surface area contributed by atoms with Crippen molar-refractivity contribution in [3.8, 4) is 17.2 Å². The Balaban J connectivity index is 1.34. The van der Waals surface area contributed by atoms with Crippen LogP contribution in [0.4, 0.5) is 4.39 Å². The first kappa shape index (κ1) is 28.9. The van der Waals surface area contributed by atoms with E-state index in [1.165, 1.54) is 25.3 Å². The number of benzene rings is 2. The van der Waals surface area contributed by atoms with Crippen LogP contribution >= 0.6 is 0 Å². The Morgan fingerprint density at radius 2 is 1.98 bits per heavy atom. The molecule has 4 heterocycles. The van der Waals surface area contributed by atoms with Crippen LogP contribution in [0.5, 0.6) is 17.2 Å². The summed E-state index contributed by atoms with van der Waals surface area (Å²) >= 11 is 0. The van der Waals surface area contributed by atoms with Crippen molar-refractivity contribution in [2.45, 2.75) is 39.0 Å². The zero-order valence-corrected chi connectivity index (χ0v) is 24.3. The minimum absolute atomic E-state index is 0.0443. The third-order valence-electron chi connectivity index (χ3n) is 7.62. The topological polar surface area (TPSA) is 145 Å². The second-order valence-electron chi connectivity index (χ2n) is 10.8. The SMILES string of the molecule is COc1ccc2cc1OCC(=O)NCc1cc(F)cc(c1)O[C@@H]1CCN(C(=O)c3cc(C)nc4onc(C)c34)C[C@@H]1NC2=O. The third-order valence-corrected chi connectivity index (χ3v) is 7.62. The van der Waals surface area contributed by atoms with Gasteiger partial charge in [-0.25, -0.2) is 9.37 Å². The van der Waals surface area contributed by atoms with Crippen LogP contribution in [-0.4, -0.2) is 71.7 Å². The molecule has 44 heavy (non-hydrogen) atoms. The van der Waals surface area contributed by atoms with Crippen LogP contribution in [0.15, 0.2) is 47.0 Å². The molecule has 2 aromatic carbocycles. The number of methoxy groups -OCH3 is 1. The smallest absolute Gasteiger partial charge is 0.258 e. The second kappa shape index (κ2) is 11.8. The summed E-state index contributed by atoms with van der Waals surface area (Å²) in [5, 5.41) is 10.2. The predicted molar refractivity (Wildman–Crippen MR) is 154 cm³/mol. The summed E-state index contributed by atoms with van der Waals surface area (Å²) in [6.07, 6.45) is -0.267. The molecule has 3 amide bonds. The highest BCUT2D eigenvalue weighted by molar-refractivity contribution is 6.06. The van der Waals surface area contributed by atoms with Gasteiger partial charge in [0.05, 0.1) is 29.8 Å². The number of hydrogen-bond acceptors (Lipinski definition) is 9. The molecule has 0 spiro atoms. The number of rotatable bonds is 2. The molecule has 4 bridgehead atoms. The number of carbonyl (C=O) groups is 3. The van der Waals surface area contributed by atoms with E-state index in [1.54, 1.807) is 43.0 Å². The fourth-order valence-electron chi connectivity index (χ4n) is 5.49. The standard InChI is InChI=1S/C31H30FN5O7/c1-16-8-22(28-17(2)36-44-30(28)34-16)31(40)37-7-6-24-23(14-37)35-29(39)19-4-5-25(41-3)26(11-19)42-15-27(38)33-13-18-9-20(32)12-21(10-18)43-24/h4-5,8-12,23-24H,6-7,13-15H2,1-3H3,(H,33,38)(H,35,39)/t23-,24+/m0/s1. The van der Waals surface area contributed by atoms with Crippen molar-refractivity contribution in [1.82, 2.24) is 25.7 Å². The summed E-state index contributed by atoms with van der Waals surface area (Å²) in [6.45, 7) is 3.62. The van der Waals surface area contributed by atoms with E-state index in [0.717, 1.165) is 0 Å². The lowest BCUT2D eigenvalue weighted by Gasteiger charge is -2.39. The number of amides is 3. The summed E-state index contributed by atoms with van der Waals surface area (Å²) in [4.78, 5) is 45.9. The van der Waals surface area contributed by atoms with E-state index in [9.17, 15) is 18.8 Å². The molecule has 2 aliphatic rings. The molecular formula is C31H30FN5O7. The van der Waals surface area contributed by atoms with Crippen LogP contribution in [0.1, 0.15) is 44.1 Å². The quantitative estimate of drug-likeness (QED) is 0.353. The highest BCUT2D eigenvalue weighted by Crippen LogP contribution is 2.30. The average molecular weight is 604 g/mol. The number of halogens is 1. The van der Waals surface area contributed by atoms with Gasteiger partial charge < -0.3 is 34.3 Å². The first-order chi connectivity index (χ1) is 21.2. The number of pyridine rings is 1. The molecule has 6 rings (SSSR count). The number of carbonyl (C=O) groups excluding carboxylic acids is 3. The van der Waals surface area contributed by atoms with Crippen molar-refractivity contribution >= 4 is 28.8 Å². The molecule has 4 aromatic rings. The number of hydrogen-bond donors (Lipinski definition) is 2. The van der Waals surface area contributed by atoms with Gasteiger partial charge in [-0.15, -0.1) is 0 Å². The zero-order valence-electron chi connectivity index (χ0n) is 24.3. The molecule has 2 aliphatic heterocycles. The molecule has 0 radical (unpaired) electrons. The van der Waals surface area contributed by atoms with Crippen molar-refractivity contribution < 1.29 is 37.5 Å². The summed E-state index contributed by atoms with van der Waals surface area (Å²) < 4.78 is 37.2. The van der Waals surface area contributed by atoms with Gasteiger partial charge in [-0.05, 0) is 55.8 Å². The largest absolute Gasteiger partial charge is 0.493 e. The number of fused-ring (bicyclic) bond motifs is 6. The first-order valence-corrected chi connectivity index (χ1v) is 14.1. The van der Waals surface area contributed by atoms with Gasteiger partial charge in [0.25, 0.3) is 23.4 Å². The fourth-order valence-corrected chi connectivity index (χ4v) is 5.49. The Kier molecular flexibility index (Phi) is 7.77. The predicted octanol–water partition coefficient (Wildman–Crippen LogP) is 3.09. The van der Waals surface area contributed by atoms with E-state index >= 15 is 0 Å². The van der Waals surface area contributed by atoms with Gasteiger partial charge in [0.15, 0.2) is 18.1 Å². The van der Waals surface area contributed by atoms with Gasteiger partial charge in [-0.3, -0.25) is 14.4 Å². The van der Waals surface area contributed by atoms with Gasteiger partial charge in [0.2, 0.25) is 0 Å². The maximum atomic E-state index is 14.6. The Labute approximate surface area is 251 Å². The van der Waals surface area contributed by atoms with E-state index in [2.05, 4.69) is 20.8 Å². The van der Waals surface area contributed by atoms with Gasteiger partial charge in [0, 0.05) is 43.4 Å². The lowest BCUT2D eigenvalue weighted by atomic mass is 9.99. The molecule has 0 unspecified atom stereocenters.